The normalized spacial score (nSPS) is 16.8. The number of nitrogens with zero attached hydrogens (tertiary/aromatic N) is 4. The molecule has 1 aliphatic rings. The van der Waals surface area contributed by atoms with Crippen LogP contribution in [0.1, 0.15) is 50.1 Å². The Labute approximate surface area is 122 Å². The number of likely N-dealkylation sites (tertiary alicyclic amines) is 1. The van der Waals surface area contributed by atoms with Crippen molar-refractivity contribution in [1.82, 2.24) is 19.9 Å². The van der Waals surface area contributed by atoms with Gasteiger partial charge in [0.05, 0.1) is 12.2 Å². The SMILES string of the molecule is CC(C)(C)OC(=O)N1CCC(n2nncc2C(=O)O)CC1. The average Bonchev–Trinajstić information content (AvgIpc) is 2.86. The Morgan fingerprint density at radius 1 is 1.33 bits per heavy atom. The Morgan fingerprint density at radius 3 is 2.48 bits per heavy atom. The molecule has 0 saturated carbocycles. The number of carboxylic acids is 1. The van der Waals surface area contributed by atoms with E-state index in [0.717, 1.165) is 0 Å². The Kier molecular flexibility index (Phi) is 4.15. The largest absolute Gasteiger partial charge is 0.476 e. The van der Waals surface area contributed by atoms with Gasteiger partial charge in [0.25, 0.3) is 0 Å². The van der Waals surface area contributed by atoms with E-state index in [2.05, 4.69) is 10.3 Å². The van der Waals surface area contributed by atoms with Crippen LogP contribution in [0.5, 0.6) is 0 Å². The summed E-state index contributed by atoms with van der Waals surface area (Å²) < 4.78 is 6.75. The van der Waals surface area contributed by atoms with Gasteiger partial charge in [-0.25, -0.2) is 14.3 Å². The standard InChI is InChI=1S/C13H20N4O4/c1-13(2,3)21-12(20)16-6-4-9(5-7-16)17-10(11(18)19)8-14-15-17/h8-9H,4-7H2,1-3H3,(H,18,19). The van der Waals surface area contributed by atoms with E-state index < -0.39 is 11.6 Å². The molecule has 1 saturated heterocycles. The van der Waals surface area contributed by atoms with Gasteiger partial charge in [-0.15, -0.1) is 5.10 Å². The molecular formula is C13H20N4O4. The second-order valence-corrected chi connectivity index (χ2v) is 6.07. The maximum Gasteiger partial charge on any atom is 0.410 e. The number of aromatic carboxylic acids is 1. The Morgan fingerprint density at radius 2 is 1.95 bits per heavy atom. The first-order valence-electron chi connectivity index (χ1n) is 6.89. The molecule has 0 aromatic carbocycles. The molecule has 0 radical (unpaired) electrons. The third-order valence-corrected chi connectivity index (χ3v) is 3.26. The van der Waals surface area contributed by atoms with Gasteiger partial charge in [0.15, 0.2) is 5.69 Å². The van der Waals surface area contributed by atoms with Crippen LogP contribution < -0.4 is 0 Å². The first-order chi connectivity index (χ1) is 9.78. The maximum atomic E-state index is 12.0. The van der Waals surface area contributed by atoms with Crippen molar-refractivity contribution in [2.24, 2.45) is 0 Å². The van der Waals surface area contributed by atoms with Gasteiger partial charge in [0.1, 0.15) is 5.60 Å². The fourth-order valence-corrected chi connectivity index (χ4v) is 2.29. The van der Waals surface area contributed by atoms with Crippen LogP contribution in [0.15, 0.2) is 6.20 Å². The number of piperidine rings is 1. The summed E-state index contributed by atoms with van der Waals surface area (Å²) >= 11 is 0. The van der Waals surface area contributed by atoms with Crippen molar-refractivity contribution in [2.45, 2.75) is 45.3 Å². The lowest BCUT2D eigenvalue weighted by atomic mass is 10.1. The highest BCUT2D eigenvalue weighted by atomic mass is 16.6. The van der Waals surface area contributed by atoms with Crippen LogP contribution in [0.25, 0.3) is 0 Å². The van der Waals surface area contributed by atoms with Crippen molar-refractivity contribution < 1.29 is 19.4 Å². The molecule has 2 rings (SSSR count). The van der Waals surface area contributed by atoms with Gasteiger partial charge in [-0.3, -0.25) is 0 Å². The number of ether oxygens (including phenoxy) is 1. The van der Waals surface area contributed by atoms with E-state index in [0.29, 0.717) is 25.9 Å². The molecule has 116 valence electrons. The molecule has 0 aliphatic carbocycles. The molecule has 0 atom stereocenters. The van der Waals surface area contributed by atoms with E-state index in [1.54, 1.807) is 4.90 Å². The number of aromatic nitrogens is 3. The first-order valence-corrected chi connectivity index (χ1v) is 6.89. The summed E-state index contributed by atoms with van der Waals surface area (Å²) in [6.45, 7) is 6.50. The molecule has 8 heteroatoms. The van der Waals surface area contributed by atoms with Gasteiger partial charge >= 0.3 is 12.1 Å². The number of hydrogen-bond acceptors (Lipinski definition) is 5. The number of carbonyl (C=O) groups is 2. The zero-order valence-corrected chi connectivity index (χ0v) is 12.4. The van der Waals surface area contributed by atoms with Crippen LogP contribution in [0.4, 0.5) is 4.79 Å². The molecule has 8 nitrogen and oxygen atoms in total. The van der Waals surface area contributed by atoms with Crippen molar-refractivity contribution >= 4 is 12.1 Å². The lowest BCUT2D eigenvalue weighted by molar-refractivity contribution is 0.0181. The van der Waals surface area contributed by atoms with Crippen molar-refractivity contribution in [3.8, 4) is 0 Å². The highest BCUT2D eigenvalue weighted by molar-refractivity contribution is 5.85. The second kappa shape index (κ2) is 5.71. The molecule has 1 aliphatic heterocycles. The van der Waals surface area contributed by atoms with Crippen molar-refractivity contribution in [2.75, 3.05) is 13.1 Å². The molecule has 1 N–H and O–H groups in total. The summed E-state index contributed by atoms with van der Waals surface area (Å²) in [5, 5.41) is 16.6. The van der Waals surface area contributed by atoms with E-state index in [-0.39, 0.29) is 17.8 Å². The molecule has 21 heavy (non-hydrogen) atoms. The van der Waals surface area contributed by atoms with E-state index in [9.17, 15) is 9.59 Å². The number of carbonyl (C=O) groups excluding carboxylic acids is 1. The first kappa shape index (κ1) is 15.3. The van der Waals surface area contributed by atoms with Crippen LogP contribution >= 0.6 is 0 Å². The third kappa shape index (κ3) is 3.71. The number of carboxylic acid groups (broad SMARTS) is 1. The number of amides is 1. The van der Waals surface area contributed by atoms with Gasteiger partial charge in [0, 0.05) is 13.1 Å². The summed E-state index contributed by atoms with van der Waals surface area (Å²) in [6.07, 6.45) is 2.16. The minimum absolute atomic E-state index is 0.0581. The Balaban J connectivity index is 1.96. The quantitative estimate of drug-likeness (QED) is 0.889. The van der Waals surface area contributed by atoms with Crippen molar-refractivity contribution in [3.63, 3.8) is 0 Å². The van der Waals surface area contributed by atoms with Crippen LogP contribution in [0.3, 0.4) is 0 Å². The van der Waals surface area contributed by atoms with Crippen LogP contribution in [0.2, 0.25) is 0 Å². The second-order valence-electron chi connectivity index (χ2n) is 6.07. The van der Waals surface area contributed by atoms with E-state index in [1.807, 2.05) is 20.8 Å². The highest BCUT2D eigenvalue weighted by Gasteiger charge is 2.29. The van der Waals surface area contributed by atoms with E-state index in [1.165, 1.54) is 10.9 Å². The van der Waals surface area contributed by atoms with Crippen LogP contribution in [-0.4, -0.2) is 55.8 Å². The lowest BCUT2D eigenvalue weighted by Gasteiger charge is -2.33. The fraction of sp³-hybridized carbons (Fsp3) is 0.692. The topological polar surface area (TPSA) is 97.5 Å². The molecule has 2 heterocycles. The molecule has 1 amide bonds. The van der Waals surface area contributed by atoms with Gasteiger partial charge < -0.3 is 14.7 Å². The minimum atomic E-state index is -1.05. The average molecular weight is 296 g/mol. The van der Waals surface area contributed by atoms with E-state index >= 15 is 0 Å². The van der Waals surface area contributed by atoms with Crippen molar-refractivity contribution in [3.05, 3.63) is 11.9 Å². The molecule has 1 fully saturated rings. The zero-order chi connectivity index (χ0) is 15.6. The lowest BCUT2D eigenvalue weighted by Crippen LogP contribution is -2.42. The monoisotopic (exact) mass is 296 g/mol. The summed E-state index contributed by atoms with van der Waals surface area (Å²) in [6, 6.07) is -0.0581. The smallest absolute Gasteiger partial charge is 0.410 e. The van der Waals surface area contributed by atoms with Crippen molar-refractivity contribution in [1.29, 1.82) is 0 Å². The molecular weight excluding hydrogens is 276 g/mol. The third-order valence-electron chi connectivity index (χ3n) is 3.26. The predicted molar refractivity (Wildman–Crippen MR) is 73.1 cm³/mol. The summed E-state index contributed by atoms with van der Waals surface area (Å²) in [5.74, 6) is -1.05. The Bertz CT molecular complexity index is 527. The highest BCUT2D eigenvalue weighted by Crippen LogP contribution is 2.24. The predicted octanol–water partition coefficient (Wildman–Crippen LogP) is 1.55. The molecule has 0 bridgehead atoms. The summed E-state index contributed by atoms with van der Waals surface area (Å²) in [5.41, 5.74) is -0.443. The molecule has 1 aromatic rings. The molecule has 1 aromatic heterocycles. The maximum absolute atomic E-state index is 12.0. The molecule has 0 unspecified atom stereocenters. The number of hydrogen-bond donors (Lipinski definition) is 1. The van der Waals surface area contributed by atoms with Gasteiger partial charge in [-0.2, -0.15) is 0 Å². The fourth-order valence-electron chi connectivity index (χ4n) is 2.29. The summed E-state index contributed by atoms with van der Waals surface area (Å²) in [4.78, 5) is 24.7. The van der Waals surface area contributed by atoms with E-state index in [4.69, 9.17) is 9.84 Å². The van der Waals surface area contributed by atoms with Gasteiger partial charge in [-0.05, 0) is 33.6 Å². The van der Waals surface area contributed by atoms with Crippen LogP contribution in [-0.2, 0) is 4.74 Å². The van der Waals surface area contributed by atoms with Crippen LogP contribution in [0, 0.1) is 0 Å². The molecule has 0 spiro atoms. The van der Waals surface area contributed by atoms with Gasteiger partial charge in [-0.1, -0.05) is 5.21 Å². The summed E-state index contributed by atoms with van der Waals surface area (Å²) in [7, 11) is 0. The van der Waals surface area contributed by atoms with Gasteiger partial charge in [0.2, 0.25) is 0 Å². The zero-order valence-electron chi connectivity index (χ0n) is 12.4. The Hall–Kier alpha value is -2.12. The minimum Gasteiger partial charge on any atom is -0.476 e. The number of rotatable bonds is 2.